The summed E-state index contributed by atoms with van der Waals surface area (Å²) in [5.41, 5.74) is 5.64. The Bertz CT molecular complexity index is 354. The van der Waals surface area contributed by atoms with Crippen molar-refractivity contribution in [2.24, 2.45) is 11.7 Å². The number of hydrogen-bond donors (Lipinski definition) is 2. The van der Waals surface area contributed by atoms with Gasteiger partial charge in [0.1, 0.15) is 6.61 Å². The molecule has 2 rings (SSSR count). The highest BCUT2D eigenvalue weighted by molar-refractivity contribution is 6.61. The van der Waals surface area contributed by atoms with Crippen molar-refractivity contribution in [3.8, 4) is 0 Å². The highest BCUT2D eigenvalue weighted by Crippen LogP contribution is 2.08. The van der Waals surface area contributed by atoms with Crippen LogP contribution in [0.15, 0.2) is 30.3 Å². The van der Waals surface area contributed by atoms with E-state index in [0.29, 0.717) is 0 Å². The predicted molar refractivity (Wildman–Crippen MR) is 77.1 cm³/mol. The lowest BCUT2D eigenvalue weighted by Gasteiger charge is -2.20. The van der Waals surface area contributed by atoms with E-state index in [0.717, 1.165) is 18.0 Å². The highest BCUT2D eigenvalue weighted by atomic mass is 35.5. The Hall–Kier alpha value is -1.10. The van der Waals surface area contributed by atoms with E-state index >= 15 is 0 Å². The average Bonchev–Trinajstić information content (AvgIpc) is 2.48. The zero-order valence-corrected chi connectivity index (χ0v) is 11.7. The number of carbonyl (C=O) groups excluding carboxylic acids is 1. The molecule has 0 bridgehead atoms. The third-order valence-corrected chi connectivity index (χ3v) is 3.10. The van der Waals surface area contributed by atoms with Crippen molar-refractivity contribution in [1.29, 1.82) is 0 Å². The summed E-state index contributed by atoms with van der Waals surface area (Å²) in [6, 6.07) is 9.36. The minimum Gasteiger partial charge on any atom is -0.449 e. The van der Waals surface area contributed by atoms with Crippen LogP contribution < -0.4 is 11.1 Å². The van der Waals surface area contributed by atoms with Crippen LogP contribution in [0.1, 0.15) is 18.4 Å². The molecule has 0 aromatic heterocycles. The van der Waals surface area contributed by atoms with Gasteiger partial charge in [0, 0.05) is 11.6 Å². The largest absolute Gasteiger partial charge is 0.449 e. The lowest BCUT2D eigenvalue weighted by Crippen LogP contribution is -2.31. The first kappa shape index (κ1) is 16.0. The first-order valence-corrected chi connectivity index (χ1v) is 6.87. The van der Waals surface area contributed by atoms with Crippen molar-refractivity contribution in [1.82, 2.24) is 5.32 Å². The molecular formula is C14H21ClN2O2. The van der Waals surface area contributed by atoms with Crippen molar-refractivity contribution in [2.45, 2.75) is 19.4 Å². The number of rotatable bonds is 3. The molecule has 1 aromatic rings. The number of carbonyl (C=O) groups is 1. The molecule has 1 fully saturated rings. The molecule has 19 heavy (non-hydrogen) atoms. The summed E-state index contributed by atoms with van der Waals surface area (Å²) in [5.74, 6) is 0.802. The van der Waals surface area contributed by atoms with E-state index in [1.807, 2.05) is 30.3 Å². The number of ether oxygens (including phenoxy) is 1. The van der Waals surface area contributed by atoms with E-state index in [1.165, 1.54) is 25.9 Å². The van der Waals surface area contributed by atoms with Gasteiger partial charge in [-0.1, -0.05) is 30.3 Å². The molecule has 1 heterocycles. The molecule has 0 saturated carbocycles. The molecule has 1 aliphatic rings. The van der Waals surface area contributed by atoms with E-state index in [4.69, 9.17) is 17.3 Å². The summed E-state index contributed by atoms with van der Waals surface area (Å²) in [6.07, 6.45) is 2.55. The minimum atomic E-state index is -0.770. The van der Waals surface area contributed by atoms with E-state index in [1.54, 1.807) is 0 Å². The van der Waals surface area contributed by atoms with Gasteiger partial charge >= 0.3 is 5.43 Å². The number of hydrogen-bond acceptors (Lipinski definition) is 4. The van der Waals surface area contributed by atoms with Crippen LogP contribution >= 0.6 is 11.6 Å². The molecule has 0 atom stereocenters. The van der Waals surface area contributed by atoms with Gasteiger partial charge in [-0.15, -0.1) is 0 Å². The third-order valence-electron chi connectivity index (χ3n) is 2.99. The zero-order valence-electron chi connectivity index (χ0n) is 11.0. The molecule has 3 N–H and O–H groups in total. The van der Waals surface area contributed by atoms with Gasteiger partial charge < -0.3 is 15.8 Å². The molecule has 1 aromatic carbocycles. The highest BCUT2D eigenvalue weighted by Gasteiger charge is 2.09. The fourth-order valence-corrected chi connectivity index (χ4v) is 1.89. The van der Waals surface area contributed by atoms with Crippen LogP contribution in [0.2, 0.25) is 0 Å². The lowest BCUT2D eigenvalue weighted by molar-refractivity contribution is 0.167. The molecule has 0 amide bonds. The topological polar surface area (TPSA) is 64.3 Å². The number of nitrogens with two attached hydrogens (primary N) is 1. The first-order valence-electron chi connectivity index (χ1n) is 6.49. The van der Waals surface area contributed by atoms with Crippen molar-refractivity contribution in [2.75, 3.05) is 19.6 Å². The Kier molecular flexibility index (Phi) is 8.21. The number of piperidine rings is 1. The molecule has 1 aliphatic heterocycles. The number of halogens is 1. The standard InChI is InChI=1S/C8H7ClO2.C6H14N2/c9-8(10)11-6-7-4-2-1-3-5-7;7-5-6-1-3-8-4-2-6/h1-5H,6H2;6,8H,1-5,7H2. The van der Waals surface area contributed by atoms with Crippen LogP contribution in [-0.2, 0) is 11.3 Å². The number of nitrogens with one attached hydrogen (secondary N) is 1. The molecule has 0 radical (unpaired) electrons. The molecule has 0 spiro atoms. The minimum absolute atomic E-state index is 0.239. The van der Waals surface area contributed by atoms with Gasteiger partial charge in [-0.25, -0.2) is 4.79 Å². The molecule has 4 nitrogen and oxygen atoms in total. The Morgan fingerprint density at radius 1 is 1.32 bits per heavy atom. The molecule has 106 valence electrons. The smallest absolute Gasteiger partial charge is 0.404 e. The summed E-state index contributed by atoms with van der Waals surface area (Å²) < 4.78 is 4.55. The maximum absolute atomic E-state index is 10.2. The lowest BCUT2D eigenvalue weighted by atomic mass is 9.99. The van der Waals surface area contributed by atoms with E-state index in [-0.39, 0.29) is 6.61 Å². The second-order valence-electron chi connectivity index (χ2n) is 4.44. The van der Waals surface area contributed by atoms with E-state index in [9.17, 15) is 4.79 Å². The van der Waals surface area contributed by atoms with Crippen molar-refractivity contribution in [3.05, 3.63) is 35.9 Å². The fraction of sp³-hybridized carbons (Fsp3) is 0.500. The normalized spacial score (nSPS) is 15.3. The summed E-state index contributed by atoms with van der Waals surface area (Å²) in [6.45, 7) is 3.45. The monoisotopic (exact) mass is 284 g/mol. The zero-order chi connectivity index (χ0) is 13.9. The molecule has 0 aliphatic carbocycles. The quantitative estimate of drug-likeness (QED) is 0.837. The van der Waals surface area contributed by atoms with E-state index in [2.05, 4.69) is 10.1 Å². The first-order chi connectivity index (χ1) is 9.22. The van der Waals surface area contributed by atoms with Gasteiger partial charge in [0.25, 0.3) is 0 Å². The van der Waals surface area contributed by atoms with Crippen LogP contribution in [0.4, 0.5) is 4.79 Å². The van der Waals surface area contributed by atoms with Gasteiger partial charge in [-0.05, 0) is 44.0 Å². The SMILES string of the molecule is NCC1CCNCC1.O=C(Cl)OCc1ccccc1. The van der Waals surface area contributed by atoms with Crippen LogP contribution in [-0.4, -0.2) is 25.1 Å². The second kappa shape index (κ2) is 9.78. The maximum Gasteiger partial charge on any atom is 0.404 e. The van der Waals surface area contributed by atoms with Crippen LogP contribution in [0.5, 0.6) is 0 Å². The van der Waals surface area contributed by atoms with Gasteiger partial charge in [0.05, 0.1) is 0 Å². The van der Waals surface area contributed by atoms with Gasteiger partial charge in [-0.2, -0.15) is 0 Å². The van der Waals surface area contributed by atoms with Crippen molar-refractivity contribution in [3.63, 3.8) is 0 Å². The van der Waals surface area contributed by atoms with Gasteiger partial charge in [-0.3, -0.25) is 0 Å². The number of benzene rings is 1. The van der Waals surface area contributed by atoms with Crippen LogP contribution in [0.25, 0.3) is 0 Å². The Morgan fingerprint density at radius 2 is 1.95 bits per heavy atom. The third kappa shape index (κ3) is 7.82. The average molecular weight is 285 g/mol. The molecule has 0 unspecified atom stereocenters. The fourth-order valence-electron chi connectivity index (χ4n) is 1.83. The molecular weight excluding hydrogens is 264 g/mol. The summed E-state index contributed by atoms with van der Waals surface area (Å²) in [5, 5.41) is 3.29. The maximum atomic E-state index is 10.2. The summed E-state index contributed by atoms with van der Waals surface area (Å²) in [4.78, 5) is 10.2. The van der Waals surface area contributed by atoms with Crippen molar-refractivity contribution < 1.29 is 9.53 Å². The van der Waals surface area contributed by atoms with Gasteiger partial charge in [0.15, 0.2) is 0 Å². The van der Waals surface area contributed by atoms with E-state index < -0.39 is 5.43 Å². The molecule has 1 saturated heterocycles. The Labute approximate surface area is 119 Å². The predicted octanol–water partition coefficient (Wildman–Crippen LogP) is 2.51. The summed E-state index contributed by atoms with van der Waals surface area (Å²) >= 11 is 4.97. The van der Waals surface area contributed by atoms with Crippen molar-refractivity contribution >= 4 is 17.0 Å². The second-order valence-corrected chi connectivity index (χ2v) is 4.75. The summed E-state index contributed by atoms with van der Waals surface area (Å²) in [7, 11) is 0. The molecule has 5 heteroatoms. The van der Waals surface area contributed by atoms with Crippen LogP contribution in [0.3, 0.4) is 0 Å². The van der Waals surface area contributed by atoms with Crippen LogP contribution in [0, 0.1) is 5.92 Å². The van der Waals surface area contributed by atoms with Gasteiger partial charge in [0.2, 0.25) is 0 Å². The Morgan fingerprint density at radius 3 is 2.42 bits per heavy atom. The Balaban J connectivity index is 0.000000200.